The Balaban J connectivity index is 2.40. The summed E-state index contributed by atoms with van der Waals surface area (Å²) >= 11 is 0. The number of carboxylic acid groups (broad SMARTS) is 2. The molecule has 0 saturated heterocycles. The summed E-state index contributed by atoms with van der Waals surface area (Å²) in [5.74, 6) is -2.97. The van der Waals surface area contributed by atoms with E-state index >= 15 is 0 Å². The lowest BCUT2D eigenvalue weighted by molar-refractivity contribution is -0.139. The van der Waals surface area contributed by atoms with E-state index in [1.54, 1.807) is 0 Å². The fourth-order valence-electron chi connectivity index (χ4n) is 3.62. The van der Waals surface area contributed by atoms with Crippen LogP contribution in [-0.4, -0.2) is 39.0 Å². The minimum Gasteiger partial charge on any atom is -0.480 e. The summed E-state index contributed by atoms with van der Waals surface area (Å²) in [4.78, 5) is 27.3. The second kappa shape index (κ2) is 6.11. The fraction of sp³-hybridized carbons (Fsp3) is 0.389. The van der Waals surface area contributed by atoms with E-state index in [-0.39, 0.29) is 6.42 Å². The van der Waals surface area contributed by atoms with Crippen molar-refractivity contribution in [1.29, 1.82) is 0 Å². The topological polar surface area (TPSA) is 91.9 Å². The van der Waals surface area contributed by atoms with Crippen molar-refractivity contribution in [1.82, 2.24) is 4.57 Å². The van der Waals surface area contributed by atoms with Crippen molar-refractivity contribution < 1.29 is 19.8 Å². The van der Waals surface area contributed by atoms with Gasteiger partial charge in [-0.25, -0.2) is 4.79 Å². The number of carbonyl (C=O) groups is 2. The van der Waals surface area contributed by atoms with Crippen molar-refractivity contribution in [3.63, 3.8) is 0 Å². The van der Waals surface area contributed by atoms with Crippen LogP contribution in [0.4, 0.5) is 0 Å². The number of fused-ring (bicyclic) bond motifs is 3. The predicted molar refractivity (Wildman–Crippen MR) is 91.0 cm³/mol. The number of aryl methyl sites for hydroxylation is 2. The Bertz CT molecular complexity index is 850. The normalized spacial score (nSPS) is 19.9. The van der Waals surface area contributed by atoms with E-state index in [0.717, 1.165) is 28.5 Å². The minimum atomic E-state index is -1.03. The Morgan fingerprint density at radius 2 is 2.00 bits per heavy atom. The smallest absolute Gasteiger partial charge is 0.328 e. The van der Waals surface area contributed by atoms with Crippen molar-refractivity contribution >= 4 is 29.1 Å². The standard InChI is InChI=1S/C18H20N2O4/c1-3-10-6-5-7-14-15(10)11-8-13(18(23)24)19-9-12(17(21)22)16(11)20(14)4-2/h5-7,9,12-13H,3-4,8H2,1-2H3,(H,21,22)(H,23,24)/t12?,13-/m0/s1. The lowest BCUT2D eigenvalue weighted by Crippen LogP contribution is -2.20. The summed E-state index contributed by atoms with van der Waals surface area (Å²) in [6.45, 7) is 4.63. The van der Waals surface area contributed by atoms with Gasteiger partial charge in [-0.15, -0.1) is 0 Å². The van der Waals surface area contributed by atoms with Gasteiger partial charge in [0.2, 0.25) is 0 Å². The Morgan fingerprint density at radius 1 is 1.25 bits per heavy atom. The zero-order valence-corrected chi connectivity index (χ0v) is 13.7. The molecule has 2 heterocycles. The van der Waals surface area contributed by atoms with Gasteiger partial charge in [0.1, 0.15) is 5.92 Å². The predicted octanol–water partition coefficient (Wildman–Crippen LogP) is 2.47. The molecule has 6 nitrogen and oxygen atoms in total. The lowest BCUT2D eigenvalue weighted by atomic mass is 9.95. The fourth-order valence-corrected chi connectivity index (χ4v) is 3.62. The van der Waals surface area contributed by atoms with E-state index in [2.05, 4.69) is 4.99 Å². The average molecular weight is 328 g/mol. The highest BCUT2D eigenvalue weighted by Crippen LogP contribution is 2.36. The molecule has 2 N–H and O–H groups in total. The van der Waals surface area contributed by atoms with Crippen LogP contribution >= 0.6 is 0 Å². The molecule has 1 aromatic carbocycles. The number of carboxylic acids is 2. The number of benzene rings is 1. The Morgan fingerprint density at radius 3 is 2.58 bits per heavy atom. The molecule has 0 saturated carbocycles. The number of hydrogen-bond donors (Lipinski definition) is 2. The third-order valence-electron chi connectivity index (χ3n) is 4.68. The summed E-state index contributed by atoms with van der Waals surface area (Å²) in [6.07, 6.45) is 2.29. The first-order valence-corrected chi connectivity index (χ1v) is 8.11. The zero-order valence-electron chi connectivity index (χ0n) is 13.7. The first-order valence-electron chi connectivity index (χ1n) is 8.11. The molecule has 3 rings (SSSR count). The van der Waals surface area contributed by atoms with Crippen LogP contribution in [0, 0.1) is 0 Å². The van der Waals surface area contributed by atoms with Gasteiger partial charge in [0.05, 0.1) is 0 Å². The minimum absolute atomic E-state index is 0.214. The first-order chi connectivity index (χ1) is 11.5. The van der Waals surface area contributed by atoms with Gasteiger partial charge < -0.3 is 14.8 Å². The molecule has 0 aliphatic carbocycles. The molecule has 1 unspecified atom stereocenters. The average Bonchev–Trinajstić information content (AvgIpc) is 2.73. The van der Waals surface area contributed by atoms with E-state index in [4.69, 9.17) is 0 Å². The van der Waals surface area contributed by atoms with Gasteiger partial charge >= 0.3 is 11.9 Å². The van der Waals surface area contributed by atoms with E-state index in [1.807, 2.05) is 36.6 Å². The molecule has 0 radical (unpaired) electrons. The third-order valence-corrected chi connectivity index (χ3v) is 4.68. The maximum atomic E-state index is 11.8. The third kappa shape index (κ3) is 2.38. The van der Waals surface area contributed by atoms with Gasteiger partial charge in [-0.2, -0.15) is 0 Å². The Labute approximate surface area is 139 Å². The van der Waals surface area contributed by atoms with Gasteiger partial charge in [-0.3, -0.25) is 9.79 Å². The maximum Gasteiger partial charge on any atom is 0.328 e. The summed E-state index contributed by atoms with van der Waals surface area (Å²) < 4.78 is 1.98. The first kappa shape index (κ1) is 16.2. The molecule has 6 heteroatoms. The molecular formula is C18H20N2O4. The number of aromatic nitrogens is 1. The van der Waals surface area contributed by atoms with Crippen LogP contribution in [0.3, 0.4) is 0 Å². The highest BCUT2D eigenvalue weighted by Gasteiger charge is 2.33. The van der Waals surface area contributed by atoms with Crippen LogP contribution in [-0.2, 0) is 29.0 Å². The Hall–Kier alpha value is -2.63. The molecule has 126 valence electrons. The van der Waals surface area contributed by atoms with Crippen molar-refractivity contribution in [2.45, 2.75) is 45.2 Å². The molecule has 0 bridgehead atoms. The van der Waals surface area contributed by atoms with E-state index in [0.29, 0.717) is 12.2 Å². The van der Waals surface area contributed by atoms with Crippen LogP contribution in [0.1, 0.15) is 36.6 Å². The zero-order chi connectivity index (χ0) is 17.4. The van der Waals surface area contributed by atoms with Gasteiger partial charge in [0.25, 0.3) is 0 Å². The number of aliphatic imine (C=N–C) groups is 1. The summed E-state index contributed by atoms with van der Waals surface area (Å²) in [6, 6.07) is 5.00. The van der Waals surface area contributed by atoms with Crippen LogP contribution in [0.5, 0.6) is 0 Å². The lowest BCUT2D eigenvalue weighted by Gasteiger charge is -2.12. The summed E-state index contributed by atoms with van der Waals surface area (Å²) in [7, 11) is 0. The van der Waals surface area contributed by atoms with Gasteiger partial charge in [-0.1, -0.05) is 19.1 Å². The largest absolute Gasteiger partial charge is 0.480 e. The van der Waals surface area contributed by atoms with E-state index in [9.17, 15) is 19.8 Å². The van der Waals surface area contributed by atoms with Crippen LogP contribution < -0.4 is 0 Å². The van der Waals surface area contributed by atoms with Crippen LogP contribution in [0.15, 0.2) is 23.2 Å². The molecule has 2 atom stereocenters. The van der Waals surface area contributed by atoms with Crippen molar-refractivity contribution in [3.8, 4) is 0 Å². The number of rotatable bonds is 4. The highest BCUT2D eigenvalue weighted by atomic mass is 16.4. The molecule has 0 amide bonds. The number of nitrogens with zero attached hydrogens (tertiary/aromatic N) is 2. The monoisotopic (exact) mass is 328 g/mol. The van der Waals surface area contributed by atoms with Crippen molar-refractivity contribution in [3.05, 3.63) is 35.0 Å². The molecule has 0 spiro atoms. The maximum absolute atomic E-state index is 11.8. The molecule has 1 aromatic heterocycles. The molecule has 2 aromatic rings. The summed E-state index contributed by atoms with van der Waals surface area (Å²) in [5.41, 5.74) is 3.54. The number of hydrogen-bond acceptors (Lipinski definition) is 3. The molecule has 24 heavy (non-hydrogen) atoms. The Kier molecular flexibility index (Phi) is 4.13. The van der Waals surface area contributed by atoms with Crippen LogP contribution in [0.2, 0.25) is 0 Å². The van der Waals surface area contributed by atoms with Gasteiger partial charge in [0, 0.05) is 35.8 Å². The highest BCUT2D eigenvalue weighted by molar-refractivity contribution is 6.00. The van der Waals surface area contributed by atoms with Crippen molar-refractivity contribution in [2.24, 2.45) is 4.99 Å². The molecular weight excluding hydrogens is 308 g/mol. The van der Waals surface area contributed by atoms with Gasteiger partial charge in [0.15, 0.2) is 6.04 Å². The molecule has 1 aliphatic rings. The quantitative estimate of drug-likeness (QED) is 0.902. The van der Waals surface area contributed by atoms with Gasteiger partial charge in [-0.05, 0) is 30.5 Å². The van der Waals surface area contributed by atoms with E-state index < -0.39 is 23.9 Å². The second-order valence-corrected chi connectivity index (χ2v) is 5.95. The SMILES string of the molecule is CCc1cccc2c1c1c(n2CC)C(C(=O)O)C=N[C@H](C(=O)O)C1. The number of aliphatic carboxylic acids is 2. The van der Waals surface area contributed by atoms with Crippen molar-refractivity contribution in [2.75, 3.05) is 0 Å². The molecule has 0 fully saturated rings. The summed E-state index contributed by atoms with van der Waals surface area (Å²) in [5, 5.41) is 20.0. The van der Waals surface area contributed by atoms with E-state index in [1.165, 1.54) is 6.21 Å². The molecule has 1 aliphatic heterocycles. The second-order valence-electron chi connectivity index (χ2n) is 5.95. The van der Waals surface area contributed by atoms with Crippen LogP contribution in [0.25, 0.3) is 10.9 Å².